The van der Waals surface area contributed by atoms with Crippen molar-refractivity contribution in [3.8, 4) is 18.2 Å². The van der Waals surface area contributed by atoms with Crippen molar-refractivity contribution in [3.05, 3.63) is 24.3 Å². The second kappa shape index (κ2) is 27.4. The molecule has 0 aliphatic heterocycles. The molecule has 18 heteroatoms. The van der Waals surface area contributed by atoms with Crippen LogP contribution in [0.1, 0.15) is 46.0 Å². The first-order valence-corrected chi connectivity index (χ1v) is 33.7. The normalized spacial score (nSPS) is 11.4. The van der Waals surface area contributed by atoms with Crippen LogP contribution in [0.15, 0.2) is 24.3 Å². The molecule has 49 heavy (non-hydrogen) atoms. The standard InChI is InChI=1S/C18H34N2O4Si3.C8H14Cl2O2Si.C5H10ClNSi.H2O/c1-17(2)18(21)22-13-10-16-27(7,23-25(3,4)14-8-11-19)24-26(5,6)15-9-12-20;1-7(2)8(11)12-5-4-6-13(3,9)10;1-8(2,6)5-3-4-7;/h1,8-10,13-16H2,2-7H3;1,4-6H2,2-3H3;3,5H2,1-2H3;1H2. The molecular weight excluding hydrogens is 773 g/mol. The summed E-state index contributed by atoms with van der Waals surface area (Å²) in [5.41, 5.74) is 0.800. The number of esters is 2. The van der Waals surface area contributed by atoms with Crippen LogP contribution in [0.25, 0.3) is 0 Å². The third-order valence-corrected chi connectivity index (χ3v) is 22.6. The van der Waals surface area contributed by atoms with Crippen molar-refractivity contribution in [1.29, 1.82) is 15.8 Å². The zero-order chi connectivity index (χ0) is 38.2. The van der Waals surface area contributed by atoms with Crippen molar-refractivity contribution in [2.75, 3.05) is 13.2 Å². The molecule has 0 saturated carbocycles. The molecule has 0 atom stereocenters. The fourth-order valence-electron chi connectivity index (χ4n) is 3.81. The first kappa shape index (κ1) is 54.5. The highest BCUT2D eigenvalue weighted by Crippen LogP contribution is 2.29. The molecule has 0 aromatic rings. The maximum Gasteiger partial charge on any atom is 0.333 e. The minimum Gasteiger partial charge on any atom is -0.462 e. The van der Waals surface area contributed by atoms with Gasteiger partial charge in [-0.2, -0.15) is 26.9 Å². The molecule has 0 aromatic carbocycles. The number of nitriles is 3. The molecule has 2 N–H and O–H groups in total. The summed E-state index contributed by atoms with van der Waals surface area (Å²) in [6.07, 6.45) is 2.95. The van der Waals surface area contributed by atoms with E-state index in [1.807, 2.05) is 19.6 Å². The van der Waals surface area contributed by atoms with Gasteiger partial charge in [-0.15, -0.1) is 22.2 Å². The molecule has 0 aliphatic carbocycles. The average molecular weight is 834 g/mol. The van der Waals surface area contributed by atoms with Gasteiger partial charge in [-0.3, -0.25) is 0 Å². The van der Waals surface area contributed by atoms with Gasteiger partial charge in [0.1, 0.15) is 0 Å². The summed E-state index contributed by atoms with van der Waals surface area (Å²) in [5, 5.41) is 25.9. The van der Waals surface area contributed by atoms with Gasteiger partial charge in [-0.25, -0.2) is 9.59 Å². The molecule has 0 fully saturated rings. The van der Waals surface area contributed by atoms with E-state index >= 15 is 0 Å². The molecular formula is C31H60Cl3N3O7Si5. The van der Waals surface area contributed by atoms with Gasteiger partial charge in [-0.1, -0.05) is 26.3 Å². The predicted molar refractivity (Wildman–Crippen MR) is 215 cm³/mol. The van der Waals surface area contributed by atoms with Crippen LogP contribution < -0.4 is 0 Å². The van der Waals surface area contributed by atoms with Gasteiger partial charge in [0, 0.05) is 30.4 Å². The van der Waals surface area contributed by atoms with E-state index in [4.69, 9.17) is 66.7 Å². The molecule has 0 radical (unpaired) electrons. The van der Waals surface area contributed by atoms with Crippen LogP contribution in [0.5, 0.6) is 0 Å². The number of ether oxygens (including phenoxy) is 2. The Morgan fingerprint density at radius 2 is 0.939 bits per heavy atom. The number of carbonyl (C=O) groups excluding carboxylic acids is 2. The summed E-state index contributed by atoms with van der Waals surface area (Å²) in [6, 6.07) is 10.4. The molecule has 0 amide bonds. The maximum atomic E-state index is 11.5. The van der Waals surface area contributed by atoms with Gasteiger partial charge in [0.25, 0.3) is 0 Å². The second-order valence-corrected chi connectivity index (χ2v) is 41.3. The lowest BCUT2D eigenvalue weighted by Crippen LogP contribution is -2.54. The lowest BCUT2D eigenvalue weighted by molar-refractivity contribution is -0.139. The lowest BCUT2D eigenvalue weighted by atomic mass is 10.4. The number of carbonyl (C=O) groups is 2. The highest BCUT2D eigenvalue weighted by Gasteiger charge is 2.42. The van der Waals surface area contributed by atoms with Crippen molar-refractivity contribution in [2.45, 2.75) is 129 Å². The largest absolute Gasteiger partial charge is 0.462 e. The van der Waals surface area contributed by atoms with Gasteiger partial charge in [0.15, 0.2) is 24.0 Å². The monoisotopic (exact) mass is 831 g/mol. The molecule has 282 valence electrons. The number of nitrogens with zero attached hydrogens (tertiary/aromatic N) is 3. The van der Waals surface area contributed by atoms with Crippen molar-refractivity contribution < 1.29 is 32.8 Å². The number of hydrogen-bond acceptors (Lipinski definition) is 9. The summed E-state index contributed by atoms with van der Waals surface area (Å²) >= 11 is 17.6. The van der Waals surface area contributed by atoms with E-state index in [1.54, 1.807) is 13.8 Å². The van der Waals surface area contributed by atoms with Gasteiger partial charge in [0.2, 0.25) is 6.69 Å². The lowest BCUT2D eigenvalue weighted by Gasteiger charge is -2.40. The quantitative estimate of drug-likeness (QED) is 0.0381. The molecule has 0 saturated heterocycles. The third kappa shape index (κ3) is 37.8. The molecule has 10 nitrogen and oxygen atoms in total. The van der Waals surface area contributed by atoms with Crippen LogP contribution in [0, 0.1) is 34.0 Å². The van der Waals surface area contributed by atoms with E-state index in [0.717, 1.165) is 30.6 Å². The van der Waals surface area contributed by atoms with Crippen LogP contribution in [0.3, 0.4) is 0 Å². The summed E-state index contributed by atoms with van der Waals surface area (Å²) in [6.45, 7) is 25.4. The van der Waals surface area contributed by atoms with E-state index in [-0.39, 0.29) is 17.4 Å². The van der Waals surface area contributed by atoms with Crippen LogP contribution in [0.4, 0.5) is 0 Å². The zero-order valence-corrected chi connectivity index (χ0v) is 38.6. The van der Waals surface area contributed by atoms with Crippen LogP contribution in [-0.2, 0) is 27.3 Å². The molecule has 0 heterocycles. The molecule has 0 spiro atoms. The fourth-order valence-corrected chi connectivity index (χ4v) is 20.1. The van der Waals surface area contributed by atoms with Crippen molar-refractivity contribution in [3.63, 3.8) is 0 Å². The highest BCUT2D eigenvalue weighted by molar-refractivity contribution is 7.44. The Morgan fingerprint density at radius 3 is 1.20 bits per heavy atom. The van der Waals surface area contributed by atoms with Gasteiger partial charge >= 0.3 is 20.5 Å². The first-order valence-electron chi connectivity index (χ1n) is 16.0. The van der Waals surface area contributed by atoms with E-state index < -0.39 is 39.3 Å². The Morgan fingerprint density at radius 1 is 0.612 bits per heavy atom. The van der Waals surface area contributed by atoms with Gasteiger partial charge < -0.3 is 23.2 Å². The van der Waals surface area contributed by atoms with E-state index in [0.29, 0.717) is 56.1 Å². The van der Waals surface area contributed by atoms with Gasteiger partial charge in [-0.05, 0) is 96.2 Å². The fraction of sp³-hybridized carbons (Fsp3) is 0.710. The molecule has 0 bridgehead atoms. The summed E-state index contributed by atoms with van der Waals surface area (Å²) in [4.78, 5) is 22.4. The number of hydrogen-bond donors (Lipinski definition) is 0. The predicted octanol–water partition coefficient (Wildman–Crippen LogP) is 9.40. The van der Waals surface area contributed by atoms with Crippen LogP contribution in [0.2, 0.25) is 82.6 Å². The van der Waals surface area contributed by atoms with Crippen molar-refractivity contribution >= 4 is 84.4 Å². The van der Waals surface area contributed by atoms with E-state index in [2.05, 4.69) is 64.1 Å². The van der Waals surface area contributed by atoms with Crippen LogP contribution >= 0.6 is 33.2 Å². The number of rotatable bonds is 20. The first-order chi connectivity index (χ1) is 21.8. The Bertz CT molecular complexity index is 1110. The van der Waals surface area contributed by atoms with E-state index in [1.165, 1.54) is 0 Å². The number of halogens is 3. The Balaban J connectivity index is -0.000000379. The van der Waals surface area contributed by atoms with Crippen LogP contribution in [-0.4, -0.2) is 69.9 Å². The highest BCUT2D eigenvalue weighted by atomic mass is 35.7. The SMILES string of the molecule is C=C(C)C(=O)OCCC[Si](C)(Cl)Cl.C=C(C)C(=O)OCCC[Si](C)(O[Si](C)(C)CCC#N)O[Si](C)(C)CCC#N.C[Si](C)(Cl)CCC#N.O. The minimum absolute atomic E-state index is 0. The minimum atomic E-state index is -2.53. The van der Waals surface area contributed by atoms with E-state index in [9.17, 15) is 9.59 Å². The maximum absolute atomic E-state index is 11.5. The Hall–Kier alpha value is -1.28. The summed E-state index contributed by atoms with van der Waals surface area (Å²) < 4.78 is 23.3. The smallest absolute Gasteiger partial charge is 0.333 e. The summed E-state index contributed by atoms with van der Waals surface area (Å²) in [7, 11) is -8.04. The Labute approximate surface area is 315 Å². The van der Waals surface area contributed by atoms with Crippen molar-refractivity contribution in [2.24, 2.45) is 0 Å². The molecule has 0 unspecified atom stereocenters. The van der Waals surface area contributed by atoms with Crippen molar-refractivity contribution in [1.82, 2.24) is 0 Å². The molecule has 0 aromatic heterocycles. The summed E-state index contributed by atoms with van der Waals surface area (Å²) in [5.74, 6) is -0.736. The zero-order valence-electron chi connectivity index (χ0n) is 31.3. The molecule has 0 rings (SSSR count). The average Bonchev–Trinajstić information content (AvgIpc) is 2.93. The topological polar surface area (TPSA) is 174 Å². The third-order valence-electron chi connectivity index (χ3n) is 6.19. The van der Waals surface area contributed by atoms with Gasteiger partial charge in [0.05, 0.1) is 31.4 Å². The molecule has 0 aliphatic rings. The Kier molecular flexibility index (Phi) is 30.5. The second-order valence-electron chi connectivity index (χ2n) is 13.7.